The summed E-state index contributed by atoms with van der Waals surface area (Å²) in [7, 11) is 1.67. The maximum absolute atomic E-state index is 14.1. The van der Waals surface area contributed by atoms with Crippen LogP contribution in [0.25, 0.3) is 10.6 Å². The smallest absolute Gasteiger partial charge is 0.274 e. The van der Waals surface area contributed by atoms with Crippen molar-refractivity contribution in [3.8, 4) is 16.3 Å². The van der Waals surface area contributed by atoms with Crippen LogP contribution >= 0.6 is 11.3 Å². The molecule has 1 atom stereocenters. The van der Waals surface area contributed by atoms with Crippen LogP contribution in [0.4, 0.5) is 8.78 Å². The average Bonchev–Trinajstić information content (AvgIpc) is 3.32. The SMILES string of the molecule is CCC(=O)N(C)C[C@@]1(C)CN(C(C)C)C(=O)c2c(O)c(=O)c(-c3nnc(Cc4ccc(F)cc4F)s3)cn21. The highest BCUT2D eigenvalue weighted by Crippen LogP contribution is 2.35. The van der Waals surface area contributed by atoms with Crippen LogP contribution in [0.5, 0.6) is 5.75 Å². The van der Waals surface area contributed by atoms with Gasteiger partial charge in [-0.1, -0.05) is 24.3 Å². The van der Waals surface area contributed by atoms with E-state index in [0.717, 1.165) is 23.5 Å². The zero-order chi connectivity index (χ0) is 27.9. The minimum atomic E-state index is -0.877. The maximum atomic E-state index is 14.1. The first-order valence-corrected chi connectivity index (χ1v) is 13.0. The number of aromatic hydroxyl groups is 1. The summed E-state index contributed by atoms with van der Waals surface area (Å²) >= 11 is 1.03. The molecule has 0 fully saturated rings. The lowest BCUT2D eigenvalue weighted by Crippen LogP contribution is -2.59. The monoisotopic (exact) mass is 545 g/mol. The number of carbonyl (C=O) groups excluding carboxylic acids is 2. The van der Waals surface area contributed by atoms with Gasteiger partial charge in [-0.05, 0) is 32.4 Å². The average molecular weight is 546 g/mol. The quantitative estimate of drug-likeness (QED) is 0.488. The van der Waals surface area contributed by atoms with Gasteiger partial charge in [0.2, 0.25) is 11.3 Å². The number of benzene rings is 1. The molecule has 3 aromatic rings. The second-order valence-electron chi connectivity index (χ2n) is 9.98. The molecule has 0 saturated heterocycles. The van der Waals surface area contributed by atoms with E-state index in [1.807, 2.05) is 20.8 Å². The van der Waals surface area contributed by atoms with Crippen molar-refractivity contribution in [3.05, 3.63) is 62.5 Å². The van der Waals surface area contributed by atoms with Gasteiger partial charge in [-0.2, -0.15) is 0 Å². The van der Waals surface area contributed by atoms with Gasteiger partial charge in [-0.15, -0.1) is 10.2 Å². The number of aromatic nitrogens is 3. The molecule has 9 nitrogen and oxygen atoms in total. The molecule has 0 spiro atoms. The van der Waals surface area contributed by atoms with Crippen molar-refractivity contribution < 1.29 is 23.5 Å². The van der Waals surface area contributed by atoms with E-state index in [4.69, 9.17) is 0 Å². The summed E-state index contributed by atoms with van der Waals surface area (Å²) < 4.78 is 29.0. The van der Waals surface area contributed by atoms with Crippen LogP contribution in [0.15, 0.2) is 29.2 Å². The number of carbonyl (C=O) groups is 2. The summed E-state index contributed by atoms with van der Waals surface area (Å²) in [5.74, 6) is -2.71. The number of hydrogen-bond donors (Lipinski definition) is 1. The van der Waals surface area contributed by atoms with Gasteiger partial charge < -0.3 is 19.5 Å². The highest BCUT2D eigenvalue weighted by Gasteiger charge is 2.43. The lowest BCUT2D eigenvalue weighted by molar-refractivity contribution is -0.131. The third kappa shape index (κ3) is 4.92. The number of rotatable bonds is 7. The number of fused-ring (bicyclic) bond motifs is 1. The first-order valence-electron chi connectivity index (χ1n) is 12.2. The topological polar surface area (TPSA) is 109 Å². The Morgan fingerprint density at radius 1 is 1.26 bits per heavy atom. The maximum Gasteiger partial charge on any atom is 0.274 e. The second-order valence-corrected chi connectivity index (χ2v) is 11.0. The normalized spacial score (nSPS) is 17.2. The third-order valence-corrected chi connectivity index (χ3v) is 7.68. The van der Waals surface area contributed by atoms with Crippen molar-refractivity contribution in [1.82, 2.24) is 24.6 Å². The van der Waals surface area contributed by atoms with Crippen molar-refractivity contribution >= 4 is 23.2 Å². The van der Waals surface area contributed by atoms with Gasteiger partial charge in [0.05, 0.1) is 11.1 Å². The summed E-state index contributed by atoms with van der Waals surface area (Å²) in [5, 5.41) is 19.7. The molecule has 0 saturated carbocycles. The number of nitrogens with zero attached hydrogens (tertiary/aromatic N) is 5. The second kappa shape index (κ2) is 10.2. The van der Waals surface area contributed by atoms with Gasteiger partial charge in [-0.25, -0.2) is 8.78 Å². The molecular weight excluding hydrogens is 516 g/mol. The van der Waals surface area contributed by atoms with Crippen LogP contribution < -0.4 is 5.43 Å². The number of likely N-dealkylation sites (N-methyl/N-ethyl adjacent to an activating group) is 1. The minimum Gasteiger partial charge on any atom is -0.503 e. The van der Waals surface area contributed by atoms with Crippen LogP contribution in [0.2, 0.25) is 0 Å². The molecule has 202 valence electrons. The fourth-order valence-electron chi connectivity index (χ4n) is 4.71. The summed E-state index contributed by atoms with van der Waals surface area (Å²) in [4.78, 5) is 42.1. The summed E-state index contributed by atoms with van der Waals surface area (Å²) in [5.41, 5.74) is -1.58. The van der Waals surface area contributed by atoms with Crippen LogP contribution in [-0.4, -0.2) is 67.7 Å². The van der Waals surface area contributed by atoms with Gasteiger partial charge in [0, 0.05) is 51.3 Å². The molecular formula is C26H29F2N5O4S. The molecule has 1 aliphatic rings. The first-order chi connectivity index (χ1) is 17.9. The van der Waals surface area contributed by atoms with Gasteiger partial charge in [-0.3, -0.25) is 14.4 Å². The van der Waals surface area contributed by atoms with E-state index >= 15 is 0 Å². The van der Waals surface area contributed by atoms with Crippen molar-refractivity contribution in [2.24, 2.45) is 0 Å². The predicted molar refractivity (Wildman–Crippen MR) is 138 cm³/mol. The highest BCUT2D eigenvalue weighted by molar-refractivity contribution is 7.14. The van der Waals surface area contributed by atoms with Crippen molar-refractivity contribution in [2.75, 3.05) is 20.1 Å². The predicted octanol–water partition coefficient (Wildman–Crippen LogP) is 3.39. The first kappa shape index (κ1) is 27.4. The molecule has 2 amide bonds. The van der Waals surface area contributed by atoms with E-state index in [2.05, 4.69) is 10.2 Å². The third-order valence-electron chi connectivity index (χ3n) is 6.72. The van der Waals surface area contributed by atoms with E-state index in [9.17, 15) is 28.3 Å². The lowest BCUT2D eigenvalue weighted by Gasteiger charge is -2.46. The van der Waals surface area contributed by atoms with E-state index in [0.29, 0.717) is 11.4 Å². The fraction of sp³-hybridized carbons (Fsp3) is 0.423. The molecule has 0 aliphatic carbocycles. The van der Waals surface area contributed by atoms with Crippen molar-refractivity contribution in [3.63, 3.8) is 0 Å². The van der Waals surface area contributed by atoms with Gasteiger partial charge >= 0.3 is 0 Å². The number of halogens is 2. The van der Waals surface area contributed by atoms with Gasteiger partial charge in [0.15, 0.2) is 16.5 Å². The molecule has 2 aromatic heterocycles. The molecule has 12 heteroatoms. The molecule has 38 heavy (non-hydrogen) atoms. The zero-order valence-electron chi connectivity index (χ0n) is 21.8. The van der Waals surface area contributed by atoms with E-state index in [1.54, 1.807) is 28.3 Å². The molecule has 3 heterocycles. The van der Waals surface area contributed by atoms with Gasteiger partial charge in [0.25, 0.3) is 5.91 Å². The Labute approximate surface area is 222 Å². The lowest BCUT2D eigenvalue weighted by atomic mass is 9.93. The van der Waals surface area contributed by atoms with E-state index in [-0.39, 0.29) is 53.3 Å². The zero-order valence-corrected chi connectivity index (χ0v) is 22.6. The Morgan fingerprint density at radius 3 is 2.61 bits per heavy atom. The van der Waals surface area contributed by atoms with Crippen LogP contribution in [0, 0.1) is 11.6 Å². The standard InChI is InChI=1S/C26H29F2N5O4S/c1-6-20(34)31(5)12-26(4)13-32(14(2)3)25(37)21-23(36)22(35)17(11-33(21)26)24-30-29-19(38-24)9-15-7-8-16(27)10-18(15)28/h7-8,10-11,14,36H,6,9,12-13H2,1-5H3/t26-/m0/s1. The molecule has 1 N–H and O–H groups in total. The molecule has 1 aliphatic heterocycles. The Hall–Kier alpha value is -3.67. The summed E-state index contributed by atoms with van der Waals surface area (Å²) in [6.45, 7) is 7.75. The minimum absolute atomic E-state index is 0.0241. The number of hydrogen-bond acceptors (Lipinski definition) is 7. The molecule has 0 bridgehead atoms. The largest absolute Gasteiger partial charge is 0.503 e. The van der Waals surface area contributed by atoms with Crippen LogP contribution in [0.3, 0.4) is 0 Å². The Bertz CT molecular complexity index is 1470. The summed E-state index contributed by atoms with van der Waals surface area (Å²) in [6, 6.07) is 3.03. The summed E-state index contributed by atoms with van der Waals surface area (Å²) in [6.07, 6.45) is 1.81. The van der Waals surface area contributed by atoms with Crippen molar-refractivity contribution in [2.45, 2.75) is 52.1 Å². The molecule has 0 unspecified atom stereocenters. The fourth-order valence-corrected chi connectivity index (χ4v) is 5.58. The molecule has 4 rings (SSSR count). The van der Waals surface area contributed by atoms with E-state index < -0.39 is 34.3 Å². The molecule has 0 radical (unpaired) electrons. The molecule has 1 aromatic carbocycles. The van der Waals surface area contributed by atoms with Crippen LogP contribution in [0.1, 0.15) is 55.2 Å². The Kier molecular flexibility index (Phi) is 7.37. The van der Waals surface area contributed by atoms with Gasteiger partial charge in [0.1, 0.15) is 16.6 Å². The highest BCUT2D eigenvalue weighted by atomic mass is 32.1. The number of pyridine rings is 1. The Morgan fingerprint density at radius 2 is 1.97 bits per heavy atom. The van der Waals surface area contributed by atoms with Crippen LogP contribution in [-0.2, 0) is 16.8 Å². The van der Waals surface area contributed by atoms with Crippen molar-refractivity contribution in [1.29, 1.82) is 0 Å². The van der Waals surface area contributed by atoms with E-state index in [1.165, 1.54) is 12.3 Å². The Balaban J connectivity index is 1.81. The number of amides is 2.